The molecule has 35 heavy (non-hydrogen) atoms. The van der Waals surface area contributed by atoms with E-state index in [0.717, 1.165) is 27.5 Å². The number of nitrogens with one attached hydrogen (secondary N) is 1. The van der Waals surface area contributed by atoms with E-state index < -0.39 is 5.41 Å². The molecule has 0 spiro atoms. The second kappa shape index (κ2) is 9.86. The van der Waals surface area contributed by atoms with E-state index >= 15 is 0 Å². The van der Waals surface area contributed by atoms with Gasteiger partial charge in [0.1, 0.15) is 0 Å². The molecule has 1 heterocycles. The van der Waals surface area contributed by atoms with Crippen molar-refractivity contribution in [3.63, 3.8) is 0 Å². The molecule has 4 rings (SSSR count). The number of fused-ring (bicyclic) bond motifs is 1. The number of methoxy groups -OCH3 is 3. The summed E-state index contributed by atoms with van der Waals surface area (Å²) in [5.74, 6) is 1.80. The molecule has 0 saturated carbocycles. The highest BCUT2D eigenvalue weighted by atomic mass is 16.5. The number of carbonyl (C=O) groups excluding carboxylic acids is 2. The SMILES string of the molecule is CNC(=O)C1(C)CCN(C(=O)Cc2ccc3cc(-c4cc(OC)c(OC)c(OC)c4)ccc3c2)C1. The molecule has 1 aliphatic rings. The number of likely N-dealkylation sites (tertiary alicyclic amines) is 1. The highest BCUT2D eigenvalue weighted by Crippen LogP contribution is 2.41. The van der Waals surface area contributed by atoms with Crippen LogP contribution in [0.15, 0.2) is 48.5 Å². The van der Waals surface area contributed by atoms with Gasteiger partial charge < -0.3 is 24.4 Å². The van der Waals surface area contributed by atoms with Crippen LogP contribution in [0.4, 0.5) is 0 Å². The number of hydrogen-bond donors (Lipinski definition) is 1. The second-order valence-electron chi connectivity index (χ2n) is 9.19. The Balaban J connectivity index is 1.54. The summed E-state index contributed by atoms with van der Waals surface area (Å²) in [6.07, 6.45) is 0.994. The topological polar surface area (TPSA) is 77.1 Å². The van der Waals surface area contributed by atoms with Gasteiger partial charge in [0.25, 0.3) is 0 Å². The smallest absolute Gasteiger partial charge is 0.227 e. The molecule has 1 N–H and O–H groups in total. The first-order valence-corrected chi connectivity index (χ1v) is 11.6. The molecule has 0 aromatic heterocycles. The number of carbonyl (C=O) groups is 2. The number of nitrogens with zero attached hydrogens (tertiary/aromatic N) is 1. The van der Waals surface area contributed by atoms with Crippen molar-refractivity contribution in [1.29, 1.82) is 0 Å². The molecule has 1 aliphatic heterocycles. The fourth-order valence-corrected chi connectivity index (χ4v) is 4.78. The molecule has 1 unspecified atom stereocenters. The van der Waals surface area contributed by atoms with Crippen molar-refractivity contribution in [2.75, 3.05) is 41.5 Å². The van der Waals surface area contributed by atoms with Gasteiger partial charge in [0.05, 0.1) is 33.2 Å². The summed E-state index contributed by atoms with van der Waals surface area (Å²) in [6, 6.07) is 16.2. The van der Waals surface area contributed by atoms with Crippen molar-refractivity contribution in [2.45, 2.75) is 19.8 Å². The Bertz CT molecular complexity index is 1250. The number of hydrogen-bond acceptors (Lipinski definition) is 5. The first-order valence-electron chi connectivity index (χ1n) is 11.6. The van der Waals surface area contributed by atoms with Crippen molar-refractivity contribution in [3.05, 3.63) is 54.1 Å². The summed E-state index contributed by atoms with van der Waals surface area (Å²) in [5, 5.41) is 4.84. The largest absolute Gasteiger partial charge is 0.493 e. The molecule has 7 nitrogen and oxygen atoms in total. The lowest BCUT2D eigenvalue weighted by molar-refractivity contribution is -0.132. The molecule has 7 heteroatoms. The van der Waals surface area contributed by atoms with Gasteiger partial charge in [-0.25, -0.2) is 0 Å². The summed E-state index contributed by atoms with van der Waals surface area (Å²) in [7, 11) is 6.43. The fraction of sp³-hybridized carbons (Fsp3) is 0.357. The Morgan fingerprint density at radius 2 is 1.57 bits per heavy atom. The van der Waals surface area contributed by atoms with Crippen LogP contribution < -0.4 is 19.5 Å². The third-order valence-corrected chi connectivity index (χ3v) is 6.86. The van der Waals surface area contributed by atoms with Gasteiger partial charge in [0.15, 0.2) is 11.5 Å². The third kappa shape index (κ3) is 4.76. The Morgan fingerprint density at radius 3 is 2.20 bits per heavy atom. The summed E-state index contributed by atoms with van der Waals surface area (Å²) < 4.78 is 16.4. The van der Waals surface area contributed by atoms with Crippen LogP contribution in [0.2, 0.25) is 0 Å². The normalized spacial score (nSPS) is 17.3. The highest BCUT2D eigenvalue weighted by molar-refractivity contribution is 5.90. The van der Waals surface area contributed by atoms with E-state index in [-0.39, 0.29) is 11.8 Å². The van der Waals surface area contributed by atoms with Gasteiger partial charge in [-0.05, 0) is 59.0 Å². The molecule has 0 bridgehead atoms. The molecule has 3 aromatic rings. The predicted octanol–water partition coefficient (Wildman–Crippen LogP) is 4.06. The maximum atomic E-state index is 12.9. The average Bonchev–Trinajstić information content (AvgIpc) is 3.30. The van der Waals surface area contributed by atoms with Crippen molar-refractivity contribution in [2.24, 2.45) is 5.41 Å². The van der Waals surface area contributed by atoms with Crippen LogP contribution in [0, 0.1) is 5.41 Å². The molecule has 2 amide bonds. The predicted molar refractivity (Wildman–Crippen MR) is 136 cm³/mol. The van der Waals surface area contributed by atoms with Crippen molar-refractivity contribution in [1.82, 2.24) is 10.2 Å². The second-order valence-corrected chi connectivity index (χ2v) is 9.19. The zero-order chi connectivity index (χ0) is 25.2. The quantitative estimate of drug-likeness (QED) is 0.557. The Morgan fingerprint density at radius 1 is 0.914 bits per heavy atom. The van der Waals surface area contributed by atoms with Crippen LogP contribution in [0.1, 0.15) is 18.9 Å². The standard InChI is InChI=1S/C28H32N2O5/c1-28(27(32)29-2)10-11-30(17-28)25(31)13-18-6-7-20-14-21(9-8-19(20)12-18)22-15-23(33-3)26(35-5)24(16-22)34-4/h6-9,12,14-16H,10-11,13,17H2,1-5H3,(H,29,32). The maximum Gasteiger partial charge on any atom is 0.227 e. The van der Waals surface area contributed by atoms with Crippen molar-refractivity contribution < 1.29 is 23.8 Å². The van der Waals surface area contributed by atoms with Gasteiger partial charge in [0, 0.05) is 20.1 Å². The Labute approximate surface area is 206 Å². The Kier molecular flexibility index (Phi) is 6.87. The van der Waals surface area contributed by atoms with Gasteiger partial charge >= 0.3 is 0 Å². The van der Waals surface area contributed by atoms with Crippen LogP contribution >= 0.6 is 0 Å². The van der Waals surface area contributed by atoms with Crippen LogP contribution in [0.5, 0.6) is 17.2 Å². The van der Waals surface area contributed by atoms with Crippen molar-refractivity contribution >= 4 is 22.6 Å². The molecular formula is C28H32N2O5. The summed E-state index contributed by atoms with van der Waals surface area (Å²) >= 11 is 0. The van der Waals surface area contributed by atoms with E-state index in [1.54, 1.807) is 33.3 Å². The zero-order valence-electron chi connectivity index (χ0n) is 20.9. The van der Waals surface area contributed by atoms with Crippen LogP contribution in [-0.2, 0) is 16.0 Å². The first-order chi connectivity index (χ1) is 16.8. The number of amides is 2. The minimum absolute atomic E-state index is 0.0126. The van der Waals surface area contributed by atoms with E-state index in [4.69, 9.17) is 14.2 Å². The van der Waals surface area contributed by atoms with E-state index in [1.165, 1.54) is 0 Å². The number of benzene rings is 3. The minimum Gasteiger partial charge on any atom is -0.493 e. The molecular weight excluding hydrogens is 444 g/mol. The Hall–Kier alpha value is -3.74. The van der Waals surface area contributed by atoms with Crippen molar-refractivity contribution in [3.8, 4) is 28.4 Å². The monoisotopic (exact) mass is 476 g/mol. The lowest BCUT2D eigenvalue weighted by Gasteiger charge is -2.22. The van der Waals surface area contributed by atoms with E-state index in [9.17, 15) is 9.59 Å². The van der Waals surface area contributed by atoms with Gasteiger partial charge in [-0.2, -0.15) is 0 Å². The van der Waals surface area contributed by atoms with E-state index in [2.05, 4.69) is 23.5 Å². The molecule has 0 aliphatic carbocycles. The summed E-state index contributed by atoms with van der Waals surface area (Å²) in [6.45, 7) is 2.98. The third-order valence-electron chi connectivity index (χ3n) is 6.86. The molecule has 0 radical (unpaired) electrons. The fourth-order valence-electron chi connectivity index (χ4n) is 4.78. The van der Waals surface area contributed by atoms with Gasteiger partial charge in [-0.15, -0.1) is 0 Å². The molecule has 1 atom stereocenters. The van der Waals surface area contributed by atoms with Gasteiger partial charge in [-0.3, -0.25) is 9.59 Å². The lowest BCUT2D eigenvalue weighted by Crippen LogP contribution is -2.40. The number of ether oxygens (including phenoxy) is 3. The van der Waals surface area contributed by atoms with Gasteiger partial charge in [0.2, 0.25) is 17.6 Å². The maximum absolute atomic E-state index is 12.9. The van der Waals surface area contributed by atoms with Crippen LogP contribution in [0.3, 0.4) is 0 Å². The molecule has 3 aromatic carbocycles. The van der Waals surface area contributed by atoms with E-state index in [0.29, 0.717) is 43.2 Å². The highest BCUT2D eigenvalue weighted by Gasteiger charge is 2.41. The van der Waals surface area contributed by atoms with Crippen LogP contribution in [-0.4, -0.2) is 58.2 Å². The van der Waals surface area contributed by atoms with Gasteiger partial charge in [-0.1, -0.05) is 30.3 Å². The molecule has 184 valence electrons. The first kappa shape index (κ1) is 24.4. The molecule has 1 saturated heterocycles. The average molecular weight is 477 g/mol. The number of rotatable bonds is 7. The lowest BCUT2D eigenvalue weighted by atomic mass is 9.89. The summed E-state index contributed by atoms with van der Waals surface area (Å²) in [4.78, 5) is 26.9. The minimum atomic E-state index is -0.517. The van der Waals surface area contributed by atoms with Crippen LogP contribution in [0.25, 0.3) is 21.9 Å². The van der Waals surface area contributed by atoms with E-state index in [1.807, 2.05) is 37.3 Å². The molecule has 1 fully saturated rings. The summed E-state index contributed by atoms with van der Waals surface area (Å²) in [5.41, 5.74) is 2.41. The zero-order valence-corrected chi connectivity index (χ0v) is 20.9.